The number of carbonyl (C=O) groups excluding carboxylic acids is 1. The van der Waals surface area contributed by atoms with Gasteiger partial charge in [0.05, 0.1) is 0 Å². The van der Waals surface area contributed by atoms with Crippen molar-refractivity contribution in [2.45, 2.75) is 58.8 Å². The van der Waals surface area contributed by atoms with E-state index in [2.05, 4.69) is 61.8 Å². The first-order chi connectivity index (χ1) is 10.1. The minimum Gasteiger partial charge on any atom is -0.324 e. The van der Waals surface area contributed by atoms with Crippen LogP contribution < -0.4 is 5.32 Å². The van der Waals surface area contributed by atoms with Gasteiger partial charge in [-0.3, -0.25) is 4.79 Å². The first-order valence-electron chi connectivity index (χ1n) is 7.51. The summed E-state index contributed by atoms with van der Waals surface area (Å²) in [7, 11) is 0. The zero-order chi connectivity index (χ0) is 16.5. The molecule has 2 rings (SSSR count). The van der Waals surface area contributed by atoms with E-state index in [9.17, 15) is 4.79 Å². The van der Waals surface area contributed by atoms with Crippen molar-refractivity contribution in [1.29, 1.82) is 0 Å². The number of anilines is 1. The lowest BCUT2D eigenvalue weighted by atomic mass is 9.93. The van der Waals surface area contributed by atoms with Gasteiger partial charge in [-0.05, 0) is 12.2 Å². The number of nitrogens with one attached hydrogen (secondary N) is 1. The molecule has 0 saturated heterocycles. The van der Waals surface area contributed by atoms with E-state index in [1.807, 2.05) is 6.08 Å². The van der Waals surface area contributed by atoms with Crippen LogP contribution in [0.1, 0.15) is 59.6 Å². The summed E-state index contributed by atoms with van der Waals surface area (Å²) < 4.78 is 0. The third kappa shape index (κ3) is 4.00. The highest BCUT2D eigenvalue weighted by molar-refractivity contribution is 5.92. The van der Waals surface area contributed by atoms with Crippen LogP contribution >= 0.6 is 0 Å². The van der Waals surface area contributed by atoms with Gasteiger partial charge in [0.1, 0.15) is 11.6 Å². The van der Waals surface area contributed by atoms with Gasteiger partial charge in [-0.15, -0.1) is 0 Å². The molecule has 0 saturated carbocycles. The summed E-state index contributed by atoms with van der Waals surface area (Å²) in [6.45, 7) is 12.5. The Kier molecular flexibility index (Phi) is 4.18. The van der Waals surface area contributed by atoms with Crippen LogP contribution in [0.3, 0.4) is 0 Å². The van der Waals surface area contributed by atoms with Gasteiger partial charge >= 0.3 is 0 Å². The van der Waals surface area contributed by atoms with Gasteiger partial charge in [0, 0.05) is 22.9 Å². The summed E-state index contributed by atoms with van der Waals surface area (Å²) >= 11 is 0. The maximum atomic E-state index is 11.2. The van der Waals surface area contributed by atoms with Crippen LogP contribution in [0, 0.1) is 0 Å². The maximum Gasteiger partial charge on any atom is 0.230 e. The highest BCUT2D eigenvalue weighted by atomic mass is 16.1. The molecular formula is C17H24N4O. The topological polar surface area (TPSA) is 67.8 Å². The fourth-order valence-corrected chi connectivity index (χ4v) is 1.85. The zero-order valence-electron chi connectivity index (χ0n) is 14.2. The van der Waals surface area contributed by atoms with Crippen LogP contribution in [0.25, 0.3) is 0 Å². The Hall–Kier alpha value is -2.04. The first kappa shape index (κ1) is 16.3. The molecule has 0 fully saturated rings. The Labute approximate surface area is 132 Å². The third-order valence-corrected chi connectivity index (χ3v) is 3.21. The molecule has 0 spiro atoms. The molecule has 0 unspecified atom stereocenters. The Bertz CT molecular complexity index is 613. The standard InChI is InChI=1S/C17H24N4O/c1-16(2,3)13-19-14(17(4,5)6)21-15(20-13)18-11-7-9-12(22)10-8-11/h7-9H,10H2,1-6H3,(H,18,19,20,21). The molecule has 0 bridgehead atoms. The summed E-state index contributed by atoms with van der Waals surface area (Å²) in [5.74, 6) is 2.14. The number of allylic oxidation sites excluding steroid dienone is 3. The van der Waals surface area contributed by atoms with Gasteiger partial charge in [-0.25, -0.2) is 4.98 Å². The van der Waals surface area contributed by atoms with Crippen LogP contribution in [0.4, 0.5) is 5.95 Å². The lowest BCUT2D eigenvalue weighted by Crippen LogP contribution is -2.24. The van der Waals surface area contributed by atoms with Crippen molar-refractivity contribution in [2.75, 3.05) is 5.32 Å². The molecule has 1 N–H and O–H groups in total. The predicted molar refractivity (Wildman–Crippen MR) is 87.7 cm³/mol. The largest absolute Gasteiger partial charge is 0.324 e. The Morgan fingerprint density at radius 1 is 0.909 bits per heavy atom. The lowest BCUT2D eigenvalue weighted by Gasteiger charge is -2.23. The van der Waals surface area contributed by atoms with Crippen molar-refractivity contribution < 1.29 is 4.79 Å². The maximum absolute atomic E-state index is 11.2. The third-order valence-electron chi connectivity index (χ3n) is 3.21. The van der Waals surface area contributed by atoms with Crippen molar-refractivity contribution in [2.24, 2.45) is 0 Å². The van der Waals surface area contributed by atoms with Crippen LogP contribution in [0.2, 0.25) is 0 Å². The zero-order valence-corrected chi connectivity index (χ0v) is 14.2. The average molecular weight is 300 g/mol. The molecule has 5 heteroatoms. The summed E-state index contributed by atoms with van der Waals surface area (Å²) in [5.41, 5.74) is 0.517. The molecule has 1 aliphatic rings. The highest BCUT2D eigenvalue weighted by Crippen LogP contribution is 2.25. The quantitative estimate of drug-likeness (QED) is 0.907. The SMILES string of the molecule is CC(C)(C)c1nc(NC2=CCC(=O)C=C2)nc(C(C)(C)C)n1. The van der Waals surface area contributed by atoms with E-state index < -0.39 is 0 Å². The molecule has 5 nitrogen and oxygen atoms in total. The van der Waals surface area contributed by atoms with Gasteiger partial charge in [-0.2, -0.15) is 9.97 Å². The Morgan fingerprint density at radius 2 is 1.45 bits per heavy atom. The molecule has 0 aliphatic heterocycles. The van der Waals surface area contributed by atoms with E-state index in [0.717, 1.165) is 17.3 Å². The first-order valence-corrected chi connectivity index (χ1v) is 7.51. The van der Waals surface area contributed by atoms with Crippen molar-refractivity contribution >= 4 is 11.7 Å². The minimum atomic E-state index is -0.161. The molecule has 1 aromatic heterocycles. The summed E-state index contributed by atoms with van der Waals surface area (Å²) in [6.07, 6.45) is 5.57. The van der Waals surface area contributed by atoms with Crippen LogP contribution in [-0.4, -0.2) is 20.7 Å². The van der Waals surface area contributed by atoms with Gasteiger partial charge in [-0.1, -0.05) is 47.6 Å². The van der Waals surface area contributed by atoms with E-state index in [4.69, 9.17) is 0 Å². The van der Waals surface area contributed by atoms with Crippen LogP contribution in [0.5, 0.6) is 0 Å². The fraction of sp³-hybridized carbons (Fsp3) is 0.529. The average Bonchev–Trinajstić information content (AvgIpc) is 2.39. The molecular weight excluding hydrogens is 276 g/mol. The number of ketones is 1. The number of carbonyl (C=O) groups is 1. The normalized spacial score (nSPS) is 15.7. The number of hydrogen-bond donors (Lipinski definition) is 1. The second kappa shape index (κ2) is 5.63. The molecule has 22 heavy (non-hydrogen) atoms. The fourth-order valence-electron chi connectivity index (χ4n) is 1.85. The smallest absolute Gasteiger partial charge is 0.230 e. The molecule has 0 radical (unpaired) electrons. The Morgan fingerprint density at radius 3 is 1.86 bits per heavy atom. The molecule has 1 aromatic rings. The number of hydrogen-bond acceptors (Lipinski definition) is 5. The monoisotopic (exact) mass is 300 g/mol. The van der Waals surface area contributed by atoms with E-state index in [-0.39, 0.29) is 16.6 Å². The molecule has 0 amide bonds. The summed E-state index contributed by atoms with van der Waals surface area (Å²) in [5, 5.41) is 3.19. The molecule has 0 atom stereocenters. The number of rotatable bonds is 2. The van der Waals surface area contributed by atoms with E-state index >= 15 is 0 Å². The summed E-state index contributed by atoms with van der Waals surface area (Å²) in [6, 6.07) is 0. The Balaban J connectivity index is 2.39. The second-order valence-corrected chi connectivity index (χ2v) is 7.59. The van der Waals surface area contributed by atoms with Gasteiger partial charge in [0.2, 0.25) is 5.95 Å². The van der Waals surface area contributed by atoms with Crippen LogP contribution in [-0.2, 0) is 15.6 Å². The van der Waals surface area contributed by atoms with Gasteiger partial charge < -0.3 is 5.32 Å². The van der Waals surface area contributed by atoms with E-state index in [0.29, 0.717) is 12.4 Å². The van der Waals surface area contributed by atoms with Crippen LogP contribution in [0.15, 0.2) is 23.9 Å². The molecule has 118 valence electrons. The number of aromatic nitrogens is 3. The lowest BCUT2D eigenvalue weighted by molar-refractivity contribution is -0.113. The molecule has 1 heterocycles. The highest BCUT2D eigenvalue weighted by Gasteiger charge is 2.25. The van der Waals surface area contributed by atoms with E-state index in [1.54, 1.807) is 12.2 Å². The summed E-state index contributed by atoms with van der Waals surface area (Å²) in [4.78, 5) is 24.9. The van der Waals surface area contributed by atoms with Gasteiger partial charge in [0.25, 0.3) is 0 Å². The minimum absolute atomic E-state index is 0.104. The number of nitrogens with zero attached hydrogens (tertiary/aromatic N) is 3. The van der Waals surface area contributed by atoms with E-state index in [1.165, 1.54) is 0 Å². The van der Waals surface area contributed by atoms with Crippen molar-refractivity contribution in [3.05, 3.63) is 35.6 Å². The van der Waals surface area contributed by atoms with Gasteiger partial charge in [0.15, 0.2) is 5.78 Å². The second-order valence-electron chi connectivity index (χ2n) is 7.59. The molecule has 0 aromatic carbocycles. The van der Waals surface area contributed by atoms with Crippen molar-refractivity contribution in [3.8, 4) is 0 Å². The van der Waals surface area contributed by atoms with Crippen molar-refractivity contribution in [1.82, 2.24) is 15.0 Å². The molecule has 1 aliphatic carbocycles. The van der Waals surface area contributed by atoms with Crippen molar-refractivity contribution in [3.63, 3.8) is 0 Å². The predicted octanol–water partition coefficient (Wildman–Crippen LogP) is 3.29.